The molecule has 1 aromatic heterocycles. The number of likely N-dealkylation sites (tertiary alicyclic amines) is 1. The summed E-state index contributed by atoms with van der Waals surface area (Å²) in [6.07, 6.45) is 2.49. The van der Waals surface area contributed by atoms with Crippen LogP contribution in [-0.4, -0.2) is 33.7 Å². The molecule has 1 aliphatic rings. The molecule has 3 aromatic rings. The molecule has 1 aliphatic heterocycles. The third-order valence-corrected chi connectivity index (χ3v) is 5.11. The summed E-state index contributed by atoms with van der Waals surface area (Å²) < 4.78 is 6.22. The third-order valence-electron chi connectivity index (χ3n) is 5.11. The minimum Gasteiger partial charge on any atom is -0.388 e. The van der Waals surface area contributed by atoms with Gasteiger partial charge in [0.05, 0.1) is 0 Å². The van der Waals surface area contributed by atoms with Gasteiger partial charge in [-0.25, -0.2) is 4.79 Å². The van der Waals surface area contributed by atoms with Gasteiger partial charge in [-0.1, -0.05) is 42.5 Å². The summed E-state index contributed by atoms with van der Waals surface area (Å²) in [6.45, 7) is 3.39. The molecule has 7 heteroatoms. The molecule has 0 radical (unpaired) electrons. The van der Waals surface area contributed by atoms with Crippen LogP contribution >= 0.6 is 0 Å². The van der Waals surface area contributed by atoms with Crippen molar-refractivity contribution >= 4 is 5.91 Å². The molecule has 2 aromatic carbocycles. The van der Waals surface area contributed by atoms with Crippen LogP contribution < -0.4 is 11.1 Å². The smallest absolute Gasteiger partial charge is 0.388 e. The molecule has 150 valence electrons. The van der Waals surface area contributed by atoms with Crippen LogP contribution in [0.25, 0.3) is 11.5 Å². The standard InChI is InChI=1S/C22H24N4O3/c27-20(16-26-22(28)29-21(24-26)17-8-2-1-3-9-17)23-14-18-10-4-5-11-19(18)15-25-12-6-7-13-25/h1-5,8-11H,6-7,12-16H2,(H,23,27). The molecule has 29 heavy (non-hydrogen) atoms. The second kappa shape index (κ2) is 8.87. The minimum atomic E-state index is -0.645. The molecule has 4 rings (SSSR count). The highest BCUT2D eigenvalue weighted by molar-refractivity contribution is 5.75. The molecule has 0 aliphatic carbocycles. The summed E-state index contributed by atoms with van der Waals surface area (Å²) in [5.41, 5.74) is 3.00. The van der Waals surface area contributed by atoms with E-state index in [0.29, 0.717) is 12.1 Å². The molecule has 0 saturated carbocycles. The molecule has 7 nitrogen and oxygen atoms in total. The Balaban J connectivity index is 1.37. The first-order valence-electron chi connectivity index (χ1n) is 9.88. The largest absolute Gasteiger partial charge is 0.437 e. The van der Waals surface area contributed by atoms with E-state index in [9.17, 15) is 9.59 Å². The molecular formula is C22H24N4O3. The van der Waals surface area contributed by atoms with Crippen LogP contribution in [0.5, 0.6) is 0 Å². The summed E-state index contributed by atoms with van der Waals surface area (Å²) >= 11 is 0. The highest BCUT2D eigenvalue weighted by atomic mass is 16.4. The number of nitrogens with one attached hydrogen (secondary N) is 1. The fraction of sp³-hybridized carbons (Fsp3) is 0.318. The molecular weight excluding hydrogens is 368 g/mol. The summed E-state index contributed by atoms with van der Waals surface area (Å²) in [4.78, 5) is 26.8. The van der Waals surface area contributed by atoms with Crippen LogP contribution in [0.15, 0.2) is 63.8 Å². The predicted molar refractivity (Wildman–Crippen MR) is 109 cm³/mol. The Morgan fingerprint density at radius 2 is 1.69 bits per heavy atom. The monoisotopic (exact) mass is 392 g/mol. The number of hydrogen-bond donors (Lipinski definition) is 1. The normalized spacial score (nSPS) is 14.2. The van der Waals surface area contributed by atoms with Crippen molar-refractivity contribution in [1.82, 2.24) is 20.0 Å². The molecule has 1 saturated heterocycles. The SMILES string of the molecule is O=C(Cn1nc(-c2ccccc2)oc1=O)NCc1ccccc1CN1CCCC1. The van der Waals surface area contributed by atoms with Gasteiger partial charge in [0.25, 0.3) is 0 Å². The summed E-state index contributed by atoms with van der Waals surface area (Å²) in [5.74, 6) is -0.719. The maximum absolute atomic E-state index is 12.4. The Bertz CT molecular complexity index is 1020. The van der Waals surface area contributed by atoms with Crippen LogP contribution in [0.1, 0.15) is 24.0 Å². The zero-order valence-corrected chi connectivity index (χ0v) is 16.2. The number of carbonyl (C=O) groups excluding carboxylic acids is 1. The minimum absolute atomic E-state index is 0.177. The topological polar surface area (TPSA) is 80.4 Å². The van der Waals surface area contributed by atoms with Gasteiger partial charge < -0.3 is 9.73 Å². The molecule has 1 amide bonds. The molecule has 0 unspecified atom stereocenters. The number of rotatable bonds is 7. The van der Waals surface area contributed by atoms with Crippen molar-refractivity contribution in [2.45, 2.75) is 32.5 Å². The molecule has 1 N–H and O–H groups in total. The number of carbonyl (C=O) groups is 1. The highest BCUT2D eigenvalue weighted by Gasteiger charge is 2.15. The lowest BCUT2D eigenvalue weighted by Gasteiger charge is -2.17. The fourth-order valence-electron chi connectivity index (χ4n) is 3.56. The van der Waals surface area contributed by atoms with Crippen LogP contribution in [0, 0.1) is 0 Å². The third kappa shape index (κ3) is 4.81. The molecule has 1 fully saturated rings. The van der Waals surface area contributed by atoms with E-state index in [2.05, 4.69) is 21.4 Å². The zero-order chi connectivity index (χ0) is 20.1. The number of benzene rings is 2. The first-order valence-corrected chi connectivity index (χ1v) is 9.88. The second-order valence-corrected chi connectivity index (χ2v) is 7.23. The molecule has 2 heterocycles. The molecule has 0 spiro atoms. The van der Waals surface area contributed by atoms with Crippen molar-refractivity contribution in [2.75, 3.05) is 13.1 Å². The van der Waals surface area contributed by atoms with E-state index in [-0.39, 0.29) is 18.3 Å². The van der Waals surface area contributed by atoms with Crippen LogP contribution in [-0.2, 0) is 24.4 Å². The maximum atomic E-state index is 12.4. The van der Waals surface area contributed by atoms with Gasteiger partial charge in [-0.15, -0.1) is 5.10 Å². The zero-order valence-electron chi connectivity index (χ0n) is 16.2. The van der Waals surface area contributed by atoms with Crippen molar-refractivity contribution in [1.29, 1.82) is 0 Å². The van der Waals surface area contributed by atoms with Gasteiger partial charge in [-0.05, 0) is 49.2 Å². The molecule has 0 atom stereocenters. The number of hydrogen-bond acceptors (Lipinski definition) is 5. The first-order chi connectivity index (χ1) is 14.2. The second-order valence-electron chi connectivity index (χ2n) is 7.23. The Hall–Kier alpha value is -3.19. The molecule has 0 bridgehead atoms. The van der Waals surface area contributed by atoms with Crippen LogP contribution in [0.3, 0.4) is 0 Å². The highest BCUT2D eigenvalue weighted by Crippen LogP contribution is 2.16. The van der Waals surface area contributed by atoms with Gasteiger partial charge in [0.15, 0.2) is 0 Å². The maximum Gasteiger partial charge on any atom is 0.437 e. The lowest BCUT2D eigenvalue weighted by atomic mass is 10.1. The van der Waals surface area contributed by atoms with Gasteiger partial charge in [0.2, 0.25) is 11.8 Å². The summed E-state index contributed by atoms with van der Waals surface area (Å²) in [5, 5.41) is 7.02. The quantitative estimate of drug-likeness (QED) is 0.668. The lowest BCUT2D eigenvalue weighted by Crippen LogP contribution is -2.31. The van der Waals surface area contributed by atoms with Crippen molar-refractivity contribution in [3.05, 3.63) is 76.3 Å². The van der Waals surface area contributed by atoms with Crippen LogP contribution in [0.2, 0.25) is 0 Å². The van der Waals surface area contributed by atoms with E-state index in [4.69, 9.17) is 4.42 Å². The van der Waals surface area contributed by atoms with E-state index in [1.165, 1.54) is 18.4 Å². The van der Waals surface area contributed by atoms with E-state index in [1.807, 2.05) is 36.4 Å². The van der Waals surface area contributed by atoms with E-state index >= 15 is 0 Å². The Labute approximate surface area is 169 Å². The van der Waals surface area contributed by atoms with Crippen molar-refractivity contribution < 1.29 is 9.21 Å². The number of aromatic nitrogens is 2. The van der Waals surface area contributed by atoms with Gasteiger partial charge in [-0.2, -0.15) is 4.68 Å². The van der Waals surface area contributed by atoms with Gasteiger partial charge in [0, 0.05) is 18.7 Å². The first kappa shape index (κ1) is 19.1. The van der Waals surface area contributed by atoms with E-state index in [0.717, 1.165) is 29.9 Å². The van der Waals surface area contributed by atoms with Crippen LogP contribution in [0.4, 0.5) is 0 Å². The van der Waals surface area contributed by atoms with Crippen molar-refractivity contribution in [2.24, 2.45) is 0 Å². The Morgan fingerprint density at radius 1 is 1.00 bits per heavy atom. The van der Waals surface area contributed by atoms with E-state index < -0.39 is 5.76 Å². The van der Waals surface area contributed by atoms with Gasteiger partial charge in [0.1, 0.15) is 6.54 Å². The van der Waals surface area contributed by atoms with Gasteiger partial charge in [-0.3, -0.25) is 9.69 Å². The number of nitrogens with zero attached hydrogens (tertiary/aromatic N) is 3. The Kier molecular flexibility index (Phi) is 5.86. The fourth-order valence-corrected chi connectivity index (χ4v) is 3.56. The average Bonchev–Trinajstić information content (AvgIpc) is 3.38. The van der Waals surface area contributed by atoms with Crippen molar-refractivity contribution in [3.8, 4) is 11.5 Å². The average molecular weight is 392 g/mol. The van der Waals surface area contributed by atoms with Crippen molar-refractivity contribution in [3.63, 3.8) is 0 Å². The summed E-state index contributed by atoms with van der Waals surface area (Å²) in [6, 6.07) is 17.3. The number of amides is 1. The van der Waals surface area contributed by atoms with Gasteiger partial charge >= 0.3 is 5.76 Å². The Morgan fingerprint density at radius 3 is 2.45 bits per heavy atom. The lowest BCUT2D eigenvalue weighted by molar-refractivity contribution is -0.122. The summed E-state index contributed by atoms with van der Waals surface area (Å²) in [7, 11) is 0. The van der Waals surface area contributed by atoms with E-state index in [1.54, 1.807) is 12.1 Å². The predicted octanol–water partition coefficient (Wildman–Crippen LogP) is 2.42.